The van der Waals surface area contributed by atoms with Crippen LogP contribution in [0.5, 0.6) is 0 Å². The summed E-state index contributed by atoms with van der Waals surface area (Å²) in [6.07, 6.45) is 4.19. The molecule has 3 heterocycles. The Bertz CT molecular complexity index is 701. The molecule has 3 rings (SSSR count). The van der Waals surface area contributed by atoms with Gasteiger partial charge in [-0.3, -0.25) is 4.40 Å². The van der Waals surface area contributed by atoms with E-state index < -0.39 is 0 Å². The van der Waals surface area contributed by atoms with E-state index in [0.29, 0.717) is 22.4 Å². The lowest BCUT2D eigenvalue weighted by molar-refractivity contribution is -0.105. The summed E-state index contributed by atoms with van der Waals surface area (Å²) in [4.78, 5) is 16.8. The maximum atomic E-state index is 9.04. The standard InChI is InChI=1S/C7H5ClN2.C5H5ClN2.C2H3ClO/c8-6-2-1-3-7-9-4-5-10(6)7;6-4-2-1-3-5(7)8-4;3-1-2-4/h1-5H;1-3H,(H2,7,8);2H,1H2. The summed E-state index contributed by atoms with van der Waals surface area (Å²) in [5.74, 6) is 0.567. The van der Waals surface area contributed by atoms with Gasteiger partial charge in [-0.1, -0.05) is 35.3 Å². The number of halogens is 3. The number of imidazole rings is 1. The van der Waals surface area contributed by atoms with Gasteiger partial charge in [0.15, 0.2) is 0 Å². The highest BCUT2D eigenvalue weighted by atomic mass is 35.5. The van der Waals surface area contributed by atoms with Crippen molar-refractivity contribution in [3.05, 3.63) is 59.1 Å². The van der Waals surface area contributed by atoms with Crippen molar-refractivity contribution in [1.82, 2.24) is 14.4 Å². The largest absolute Gasteiger partial charge is 0.384 e. The second-order valence-electron chi connectivity index (χ2n) is 3.71. The first kappa shape index (κ1) is 18.2. The van der Waals surface area contributed by atoms with Crippen LogP contribution in [0.1, 0.15) is 0 Å². The number of pyridine rings is 2. The van der Waals surface area contributed by atoms with Crippen LogP contribution < -0.4 is 5.73 Å². The quantitative estimate of drug-likeness (QED) is 0.408. The third-order valence-corrected chi connectivity index (χ3v) is 2.82. The van der Waals surface area contributed by atoms with Crippen LogP contribution in [0.4, 0.5) is 5.82 Å². The number of anilines is 1. The first-order chi connectivity index (χ1) is 10.6. The molecule has 0 unspecified atom stereocenters. The van der Waals surface area contributed by atoms with E-state index in [4.69, 9.17) is 45.3 Å². The number of nitrogen functional groups attached to an aromatic ring is 1. The number of nitrogens with two attached hydrogens (primary N) is 1. The fourth-order valence-corrected chi connectivity index (χ4v) is 1.72. The minimum atomic E-state index is 0.111. The van der Waals surface area contributed by atoms with E-state index in [1.807, 2.05) is 28.8 Å². The van der Waals surface area contributed by atoms with Crippen molar-refractivity contribution < 1.29 is 4.79 Å². The van der Waals surface area contributed by atoms with Crippen LogP contribution in [0, 0.1) is 0 Å². The smallest absolute Gasteiger partial charge is 0.137 e. The molecule has 0 aliphatic heterocycles. The summed E-state index contributed by atoms with van der Waals surface area (Å²) < 4.78 is 1.82. The molecule has 0 fully saturated rings. The molecule has 3 aromatic rings. The molecule has 22 heavy (non-hydrogen) atoms. The maximum Gasteiger partial charge on any atom is 0.137 e. The zero-order valence-electron chi connectivity index (χ0n) is 11.4. The van der Waals surface area contributed by atoms with Crippen LogP contribution in [0.25, 0.3) is 5.65 Å². The van der Waals surface area contributed by atoms with Gasteiger partial charge in [0.1, 0.15) is 28.1 Å². The van der Waals surface area contributed by atoms with Gasteiger partial charge in [-0.05, 0) is 24.3 Å². The van der Waals surface area contributed by atoms with Gasteiger partial charge in [0, 0.05) is 12.4 Å². The molecule has 5 nitrogen and oxygen atoms in total. The Morgan fingerprint density at radius 3 is 2.36 bits per heavy atom. The van der Waals surface area contributed by atoms with Gasteiger partial charge in [-0.2, -0.15) is 0 Å². The molecule has 0 radical (unpaired) electrons. The normalized spacial score (nSPS) is 9.23. The molecule has 2 N–H and O–H groups in total. The van der Waals surface area contributed by atoms with E-state index in [-0.39, 0.29) is 5.88 Å². The number of rotatable bonds is 1. The summed E-state index contributed by atoms with van der Waals surface area (Å²) in [5, 5.41) is 1.13. The Morgan fingerprint density at radius 2 is 1.86 bits per heavy atom. The number of fused-ring (bicyclic) bond motifs is 1. The van der Waals surface area contributed by atoms with E-state index >= 15 is 0 Å². The first-order valence-corrected chi connectivity index (χ1v) is 7.32. The van der Waals surface area contributed by atoms with Gasteiger partial charge in [0.2, 0.25) is 0 Å². The van der Waals surface area contributed by atoms with Gasteiger partial charge in [-0.15, -0.1) is 11.6 Å². The number of hydrogen-bond acceptors (Lipinski definition) is 4. The highest BCUT2D eigenvalue weighted by Gasteiger charge is 1.94. The molecular formula is C14H13Cl3N4O. The van der Waals surface area contributed by atoms with Gasteiger partial charge in [0.05, 0.1) is 5.88 Å². The molecule has 0 saturated heterocycles. The number of aromatic nitrogens is 3. The fourth-order valence-electron chi connectivity index (χ4n) is 1.34. The van der Waals surface area contributed by atoms with E-state index in [1.54, 1.807) is 24.4 Å². The molecule has 0 bridgehead atoms. The van der Waals surface area contributed by atoms with Crippen molar-refractivity contribution in [2.45, 2.75) is 0 Å². The van der Waals surface area contributed by atoms with E-state index in [0.717, 1.165) is 5.65 Å². The molecule has 0 aromatic carbocycles. The molecule has 0 saturated carbocycles. The Kier molecular flexibility index (Phi) is 8.28. The zero-order chi connectivity index (χ0) is 16.4. The number of aldehydes is 1. The minimum absolute atomic E-state index is 0.111. The lowest BCUT2D eigenvalue weighted by atomic mass is 10.5. The molecule has 0 amide bonds. The maximum absolute atomic E-state index is 9.04. The number of hydrogen-bond donors (Lipinski definition) is 1. The Balaban J connectivity index is 0.000000182. The van der Waals surface area contributed by atoms with E-state index in [9.17, 15) is 0 Å². The molecule has 116 valence electrons. The van der Waals surface area contributed by atoms with Crippen molar-refractivity contribution in [2.75, 3.05) is 11.6 Å². The minimum Gasteiger partial charge on any atom is -0.384 e. The molecule has 3 aromatic heterocycles. The van der Waals surface area contributed by atoms with Crippen LogP contribution in [0.3, 0.4) is 0 Å². The van der Waals surface area contributed by atoms with Crippen LogP contribution in [-0.4, -0.2) is 26.5 Å². The third-order valence-electron chi connectivity index (χ3n) is 2.18. The van der Waals surface area contributed by atoms with Crippen LogP contribution in [0.2, 0.25) is 10.3 Å². The number of carbonyl (C=O) groups is 1. The topological polar surface area (TPSA) is 73.3 Å². The van der Waals surface area contributed by atoms with Gasteiger partial charge >= 0.3 is 0 Å². The lowest BCUT2D eigenvalue weighted by Gasteiger charge is -1.93. The van der Waals surface area contributed by atoms with Crippen molar-refractivity contribution in [1.29, 1.82) is 0 Å². The molecule has 0 atom stereocenters. The predicted molar refractivity (Wildman–Crippen MR) is 90.6 cm³/mol. The SMILES string of the molecule is Clc1cccc2nccn12.Nc1cccc(Cl)n1.O=CCCl. The van der Waals surface area contributed by atoms with Crippen molar-refractivity contribution in [2.24, 2.45) is 0 Å². The number of carbonyl (C=O) groups excluding carboxylic acids is 1. The van der Waals surface area contributed by atoms with Gasteiger partial charge in [0.25, 0.3) is 0 Å². The van der Waals surface area contributed by atoms with Crippen LogP contribution >= 0.6 is 34.8 Å². The van der Waals surface area contributed by atoms with E-state index in [2.05, 4.69) is 9.97 Å². The summed E-state index contributed by atoms with van der Waals surface area (Å²) in [6.45, 7) is 0. The second kappa shape index (κ2) is 10.00. The third kappa shape index (κ3) is 6.30. The summed E-state index contributed by atoms with van der Waals surface area (Å²) in [6, 6.07) is 10.7. The predicted octanol–water partition coefficient (Wildman–Crippen LogP) is 3.73. The highest BCUT2D eigenvalue weighted by Crippen LogP contribution is 2.10. The van der Waals surface area contributed by atoms with Crippen molar-refractivity contribution >= 4 is 52.6 Å². The molecular weight excluding hydrogens is 347 g/mol. The summed E-state index contributed by atoms with van der Waals surface area (Å²) in [7, 11) is 0. The second-order valence-corrected chi connectivity index (χ2v) is 4.79. The zero-order valence-corrected chi connectivity index (χ0v) is 13.6. The molecule has 0 aliphatic carbocycles. The molecule has 0 spiro atoms. The van der Waals surface area contributed by atoms with Crippen LogP contribution in [0.15, 0.2) is 48.8 Å². The van der Waals surface area contributed by atoms with E-state index in [1.165, 1.54) is 0 Å². The van der Waals surface area contributed by atoms with Crippen LogP contribution in [-0.2, 0) is 4.79 Å². The van der Waals surface area contributed by atoms with Gasteiger partial charge < -0.3 is 10.5 Å². The first-order valence-electron chi connectivity index (χ1n) is 6.03. The Hall–Kier alpha value is -1.82. The highest BCUT2D eigenvalue weighted by molar-refractivity contribution is 6.29. The van der Waals surface area contributed by atoms with Gasteiger partial charge in [-0.25, -0.2) is 9.97 Å². The lowest BCUT2D eigenvalue weighted by Crippen LogP contribution is -1.87. The monoisotopic (exact) mass is 358 g/mol. The number of nitrogens with zero attached hydrogens (tertiary/aromatic N) is 3. The molecule has 8 heteroatoms. The van der Waals surface area contributed by atoms with Crippen molar-refractivity contribution in [3.8, 4) is 0 Å². The Labute approximate surface area is 142 Å². The molecule has 0 aliphatic rings. The number of alkyl halides is 1. The summed E-state index contributed by atoms with van der Waals surface area (Å²) >= 11 is 16.1. The van der Waals surface area contributed by atoms with Crippen molar-refractivity contribution in [3.63, 3.8) is 0 Å². The fraction of sp³-hybridized carbons (Fsp3) is 0.0714. The average Bonchev–Trinajstić information content (AvgIpc) is 2.98. The Morgan fingerprint density at radius 1 is 1.18 bits per heavy atom. The average molecular weight is 360 g/mol. The summed E-state index contributed by atoms with van der Waals surface area (Å²) in [5.41, 5.74) is 6.14.